The Morgan fingerprint density at radius 1 is 1.50 bits per heavy atom. The Bertz CT molecular complexity index is 408. The van der Waals surface area contributed by atoms with Gasteiger partial charge in [0.1, 0.15) is 0 Å². The zero-order valence-corrected chi connectivity index (χ0v) is 8.14. The molecule has 1 aromatic carbocycles. The van der Waals surface area contributed by atoms with Crippen molar-refractivity contribution in [1.29, 1.82) is 0 Å². The number of H-pyrrole nitrogens is 1. The van der Waals surface area contributed by atoms with Crippen molar-refractivity contribution < 1.29 is 0 Å². The van der Waals surface area contributed by atoms with E-state index in [1.807, 2.05) is 19.2 Å². The lowest BCUT2D eigenvalue weighted by atomic mass is 10.2. The number of nitrogens with one attached hydrogen (secondary N) is 2. The van der Waals surface area contributed by atoms with Crippen LogP contribution in [0.4, 0.5) is 5.69 Å². The fraction of sp³-hybridized carbons (Fsp3) is 0.125. The van der Waals surface area contributed by atoms with Crippen LogP contribution in [0.2, 0.25) is 0 Å². The fourth-order valence-corrected chi connectivity index (χ4v) is 1.69. The van der Waals surface area contributed by atoms with Crippen LogP contribution in [0.1, 0.15) is 0 Å². The Morgan fingerprint density at radius 2 is 2.33 bits per heavy atom. The highest BCUT2D eigenvalue weighted by molar-refractivity contribution is 9.10. The van der Waals surface area contributed by atoms with Crippen molar-refractivity contribution >= 4 is 32.5 Å². The predicted molar refractivity (Wildman–Crippen MR) is 53.3 cm³/mol. The molecule has 2 rings (SSSR count). The van der Waals surface area contributed by atoms with Gasteiger partial charge in [-0.25, -0.2) is 0 Å². The molecule has 3 nitrogen and oxygen atoms in total. The van der Waals surface area contributed by atoms with Crippen molar-refractivity contribution in [3.63, 3.8) is 0 Å². The Labute approximate surface area is 78.3 Å². The first-order valence-corrected chi connectivity index (χ1v) is 4.41. The fourth-order valence-electron chi connectivity index (χ4n) is 1.22. The van der Waals surface area contributed by atoms with Gasteiger partial charge in [-0.3, -0.25) is 5.10 Å². The van der Waals surface area contributed by atoms with E-state index in [1.165, 1.54) is 0 Å². The molecule has 62 valence electrons. The maximum atomic E-state index is 3.97. The number of rotatable bonds is 1. The molecule has 2 aromatic rings. The summed E-state index contributed by atoms with van der Waals surface area (Å²) in [6.45, 7) is 0. The van der Waals surface area contributed by atoms with Crippen molar-refractivity contribution in [1.82, 2.24) is 10.2 Å². The van der Waals surface area contributed by atoms with Crippen molar-refractivity contribution in [2.24, 2.45) is 0 Å². The molecule has 0 aliphatic rings. The quantitative estimate of drug-likeness (QED) is 0.783. The van der Waals surface area contributed by atoms with Crippen molar-refractivity contribution in [2.75, 3.05) is 12.4 Å². The summed E-state index contributed by atoms with van der Waals surface area (Å²) < 4.78 is 1.06. The van der Waals surface area contributed by atoms with E-state index in [1.54, 1.807) is 6.20 Å². The van der Waals surface area contributed by atoms with Crippen LogP contribution in [-0.2, 0) is 0 Å². The second-order valence-corrected chi connectivity index (χ2v) is 3.45. The third-order valence-corrected chi connectivity index (χ3v) is 2.24. The van der Waals surface area contributed by atoms with E-state index in [2.05, 4.69) is 31.4 Å². The normalized spacial score (nSPS) is 10.5. The number of anilines is 1. The number of fused-ring (bicyclic) bond motifs is 1. The summed E-state index contributed by atoms with van der Waals surface area (Å²) in [4.78, 5) is 0. The molecule has 1 aromatic heterocycles. The Hall–Kier alpha value is -1.03. The van der Waals surface area contributed by atoms with Gasteiger partial charge in [-0.15, -0.1) is 0 Å². The molecule has 0 radical (unpaired) electrons. The van der Waals surface area contributed by atoms with Gasteiger partial charge in [-0.05, 0) is 12.1 Å². The molecular weight excluding hydrogens is 218 g/mol. The summed E-state index contributed by atoms with van der Waals surface area (Å²) in [5.74, 6) is 0. The summed E-state index contributed by atoms with van der Waals surface area (Å²) in [6.07, 6.45) is 1.81. The molecule has 0 aliphatic carbocycles. The van der Waals surface area contributed by atoms with E-state index < -0.39 is 0 Å². The van der Waals surface area contributed by atoms with E-state index >= 15 is 0 Å². The minimum atomic E-state index is 1.04. The average Bonchev–Trinajstić information content (AvgIpc) is 2.50. The Balaban J connectivity index is 2.80. The van der Waals surface area contributed by atoms with Gasteiger partial charge < -0.3 is 5.32 Å². The van der Waals surface area contributed by atoms with Crippen LogP contribution in [0.15, 0.2) is 22.8 Å². The van der Waals surface area contributed by atoms with Crippen LogP contribution >= 0.6 is 15.9 Å². The first kappa shape index (κ1) is 7.61. The van der Waals surface area contributed by atoms with Crippen LogP contribution in [0.3, 0.4) is 0 Å². The lowest BCUT2D eigenvalue weighted by Crippen LogP contribution is -1.88. The molecule has 0 saturated carbocycles. The summed E-state index contributed by atoms with van der Waals surface area (Å²) in [5, 5.41) is 11.1. The van der Waals surface area contributed by atoms with Gasteiger partial charge in [0, 0.05) is 16.9 Å². The molecule has 0 amide bonds. The number of hydrogen-bond donors (Lipinski definition) is 2. The molecule has 0 spiro atoms. The summed E-state index contributed by atoms with van der Waals surface area (Å²) in [7, 11) is 1.89. The standard InChI is InChI=1S/C8H8BrN3/c1-10-7-3-6(9)2-5-4-11-12-8(5)7/h2-4,10H,1H3,(H,11,12). The number of benzene rings is 1. The maximum Gasteiger partial charge on any atom is 0.0882 e. The molecular formula is C8H8BrN3. The van der Waals surface area contributed by atoms with Crippen molar-refractivity contribution in [2.45, 2.75) is 0 Å². The van der Waals surface area contributed by atoms with Crippen molar-refractivity contribution in [3.8, 4) is 0 Å². The van der Waals surface area contributed by atoms with Gasteiger partial charge in [0.2, 0.25) is 0 Å². The smallest absolute Gasteiger partial charge is 0.0882 e. The average molecular weight is 226 g/mol. The van der Waals surface area contributed by atoms with Gasteiger partial charge in [-0.2, -0.15) is 5.10 Å². The van der Waals surface area contributed by atoms with Gasteiger partial charge in [-0.1, -0.05) is 15.9 Å². The Morgan fingerprint density at radius 3 is 3.08 bits per heavy atom. The van der Waals surface area contributed by atoms with E-state index in [9.17, 15) is 0 Å². The molecule has 4 heteroatoms. The lowest BCUT2D eigenvalue weighted by Gasteiger charge is -2.01. The predicted octanol–water partition coefficient (Wildman–Crippen LogP) is 2.37. The van der Waals surface area contributed by atoms with Crippen LogP contribution < -0.4 is 5.32 Å². The third kappa shape index (κ3) is 1.08. The van der Waals surface area contributed by atoms with Crippen molar-refractivity contribution in [3.05, 3.63) is 22.8 Å². The number of halogens is 1. The topological polar surface area (TPSA) is 40.7 Å². The van der Waals surface area contributed by atoms with E-state index in [-0.39, 0.29) is 0 Å². The zero-order chi connectivity index (χ0) is 8.55. The minimum Gasteiger partial charge on any atom is -0.386 e. The monoisotopic (exact) mass is 225 g/mol. The van der Waals surface area contributed by atoms with Crippen LogP contribution in [-0.4, -0.2) is 17.2 Å². The van der Waals surface area contributed by atoms with Crippen LogP contribution in [0, 0.1) is 0 Å². The summed E-state index contributed by atoms with van der Waals surface area (Å²) in [5.41, 5.74) is 2.09. The van der Waals surface area contributed by atoms with Gasteiger partial charge >= 0.3 is 0 Å². The lowest BCUT2D eigenvalue weighted by molar-refractivity contribution is 1.12. The molecule has 2 N–H and O–H groups in total. The first-order valence-electron chi connectivity index (χ1n) is 3.61. The third-order valence-electron chi connectivity index (χ3n) is 1.78. The number of hydrogen-bond acceptors (Lipinski definition) is 2. The molecule has 0 atom stereocenters. The summed E-state index contributed by atoms with van der Waals surface area (Å²) >= 11 is 3.43. The van der Waals surface area contributed by atoms with E-state index in [0.29, 0.717) is 0 Å². The molecule has 0 saturated heterocycles. The van der Waals surface area contributed by atoms with E-state index in [0.717, 1.165) is 21.1 Å². The first-order chi connectivity index (χ1) is 5.81. The minimum absolute atomic E-state index is 1.04. The number of aromatic nitrogens is 2. The zero-order valence-electron chi connectivity index (χ0n) is 6.56. The summed E-state index contributed by atoms with van der Waals surface area (Å²) in [6, 6.07) is 4.04. The molecule has 1 heterocycles. The second kappa shape index (κ2) is 2.79. The molecule has 0 bridgehead atoms. The molecule has 12 heavy (non-hydrogen) atoms. The molecule has 0 aliphatic heterocycles. The van der Waals surface area contributed by atoms with Crippen LogP contribution in [0.25, 0.3) is 10.9 Å². The molecule has 0 fully saturated rings. The highest BCUT2D eigenvalue weighted by Gasteiger charge is 2.02. The Kier molecular flexibility index (Phi) is 1.77. The van der Waals surface area contributed by atoms with Gasteiger partial charge in [0.05, 0.1) is 17.4 Å². The van der Waals surface area contributed by atoms with Gasteiger partial charge in [0.25, 0.3) is 0 Å². The largest absolute Gasteiger partial charge is 0.386 e. The van der Waals surface area contributed by atoms with Gasteiger partial charge in [0.15, 0.2) is 0 Å². The molecule has 0 unspecified atom stereocenters. The highest BCUT2D eigenvalue weighted by atomic mass is 79.9. The number of aromatic amines is 1. The highest BCUT2D eigenvalue weighted by Crippen LogP contribution is 2.25. The second-order valence-electron chi connectivity index (χ2n) is 2.54. The van der Waals surface area contributed by atoms with Crippen LogP contribution in [0.5, 0.6) is 0 Å². The SMILES string of the molecule is CNc1cc(Br)cc2cn[nH]c12. The maximum absolute atomic E-state index is 3.97. The van der Waals surface area contributed by atoms with E-state index in [4.69, 9.17) is 0 Å². The number of nitrogens with zero attached hydrogens (tertiary/aromatic N) is 1.